The van der Waals surface area contributed by atoms with Crippen LogP contribution in [0.4, 0.5) is 0 Å². The Kier molecular flexibility index (Phi) is 4.84. The molecular formula is C10H21N3O2. The van der Waals surface area contributed by atoms with Gasteiger partial charge in [0, 0.05) is 19.0 Å². The van der Waals surface area contributed by atoms with Crippen molar-refractivity contribution in [2.75, 3.05) is 13.1 Å². The van der Waals surface area contributed by atoms with Crippen molar-refractivity contribution in [2.45, 2.75) is 32.3 Å². The van der Waals surface area contributed by atoms with Crippen LogP contribution in [0.5, 0.6) is 0 Å². The summed E-state index contributed by atoms with van der Waals surface area (Å²) in [5, 5.41) is 24.2. The number of nitrogens with two attached hydrogens (primary N) is 1. The van der Waals surface area contributed by atoms with E-state index in [-0.39, 0.29) is 17.9 Å². The summed E-state index contributed by atoms with van der Waals surface area (Å²) in [6.45, 7) is 3.39. The van der Waals surface area contributed by atoms with Gasteiger partial charge in [0.1, 0.15) is 5.84 Å². The number of hydrogen-bond acceptors (Lipinski definition) is 4. The number of rotatable bonds is 5. The van der Waals surface area contributed by atoms with Gasteiger partial charge in [-0.3, -0.25) is 0 Å². The van der Waals surface area contributed by atoms with Crippen LogP contribution in [0.25, 0.3) is 0 Å². The van der Waals surface area contributed by atoms with Crippen LogP contribution >= 0.6 is 0 Å². The molecule has 0 aromatic heterocycles. The van der Waals surface area contributed by atoms with Gasteiger partial charge in [-0.2, -0.15) is 0 Å². The summed E-state index contributed by atoms with van der Waals surface area (Å²) in [6.07, 6.45) is 2.97. The topological polar surface area (TPSA) is 90.9 Å². The average molecular weight is 215 g/mol. The second kappa shape index (κ2) is 5.92. The number of hydrogen-bond donors (Lipinski definition) is 4. The average Bonchev–Trinajstić information content (AvgIpc) is 2.63. The minimum Gasteiger partial charge on any atom is -0.409 e. The van der Waals surface area contributed by atoms with E-state index in [0.717, 1.165) is 25.8 Å². The zero-order valence-corrected chi connectivity index (χ0v) is 9.19. The molecule has 0 spiro atoms. The molecule has 0 aliphatic heterocycles. The first-order chi connectivity index (χ1) is 7.15. The Hall–Kier alpha value is -0.810. The highest BCUT2D eigenvalue weighted by atomic mass is 16.4. The highest BCUT2D eigenvalue weighted by Gasteiger charge is 2.24. The van der Waals surface area contributed by atoms with E-state index in [1.165, 1.54) is 0 Å². The number of amidine groups is 1. The molecule has 1 aliphatic rings. The molecule has 5 nitrogen and oxygen atoms in total. The van der Waals surface area contributed by atoms with E-state index in [1.807, 2.05) is 6.92 Å². The number of oxime groups is 1. The third kappa shape index (κ3) is 3.68. The van der Waals surface area contributed by atoms with Crippen LogP contribution in [-0.4, -0.2) is 35.3 Å². The number of aliphatic hydroxyl groups excluding tert-OH is 1. The first kappa shape index (κ1) is 12.3. The molecule has 15 heavy (non-hydrogen) atoms. The summed E-state index contributed by atoms with van der Waals surface area (Å²) in [7, 11) is 0. The van der Waals surface area contributed by atoms with Crippen molar-refractivity contribution in [3.05, 3.63) is 0 Å². The predicted molar refractivity (Wildman–Crippen MR) is 58.8 cm³/mol. The minimum atomic E-state index is -0.156. The second-order valence-corrected chi connectivity index (χ2v) is 4.34. The standard InChI is InChI=1S/C10H21N3O2/c1-7(10(11)13-15)5-12-6-8-3-2-4-9(8)14/h7-9,12,14-15H,2-6H2,1H3,(H2,11,13). The van der Waals surface area contributed by atoms with Crippen LogP contribution in [0, 0.1) is 11.8 Å². The van der Waals surface area contributed by atoms with Crippen LogP contribution in [-0.2, 0) is 0 Å². The monoisotopic (exact) mass is 215 g/mol. The maximum Gasteiger partial charge on any atom is 0.143 e. The summed E-state index contributed by atoms with van der Waals surface area (Å²) < 4.78 is 0. The Morgan fingerprint density at radius 3 is 2.87 bits per heavy atom. The summed E-state index contributed by atoms with van der Waals surface area (Å²) in [6, 6.07) is 0. The van der Waals surface area contributed by atoms with E-state index in [1.54, 1.807) is 0 Å². The van der Waals surface area contributed by atoms with E-state index >= 15 is 0 Å². The van der Waals surface area contributed by atoms with Crippen LogP contribution in [0.2, 0.25) is 0 Å². The third-order valence-electron chi connectivity index (χ3n) is 3.10. The fourth-order valence-electron chi connectivity index (χ4n) is 1.94. The van der Waals surface area contributed by atoms with Crippen LogP contribution in [0.3, 0.4) is 0 Å². The summed E-state index contributed by atoms with van der Waals surface area (Å²) in [5.41, 5.74) is 5.45. The van der Waals surface area contributed by atoms with Crippen molar-refractivity contribution in [1.82, 2.24) is 5.32 Å². The second-order valence-electron chi connectivity index (χ2n) is 4.34. The molecule has 0 saturated heterocycles. The summed E-state index contributed by atoms with van der Waals surface area (Å²) in [4.78, 5) is 0. The first-order valence-corrected chi connectivity index (χ1v) is 5.51. The molecular weight excluding hydrogens is 194 g/mol. The Bertz CT molecular complexity index is 221. The van der Waals surface area contributed by atoms with Crippen molar-refractivity contribution >= 4 is 5.84 Å². The molecule has 1 saturated carbocycles. The Morgan fingerprint density at radius 1 is 1.60 bits per heavy atom. The predicted octanol–water partition coefficient (Wildman–Crippen LogP) is 0.120. The minimum absolute atomic E-state index is 0.0218. The van der Waals surface area contributed by atoms with Crippen molar-refractivity contribution in [1.29, 1.82) is 0 Å². The molecule has 3 unspecified atom stereocenters. The van der Waals surface area contributed by atoms with Gasteiger partial charge in [-0.05, 0) is 18.8 Å². The third-order valence-corrected chi connectivity index (χ3v) is 3.10. The van der Waals surface area contributed by atoms with Gasteiger partial charge in [0.05, 0.1) is 6.10 Å². The number of aliphatic hydroxyl groups is 1. The van der Waals surface area contributed by atoms with Gasteiger partial charge >= 0.3 is 0 Å². The zero-order chi connectivity index (χ0) is 11.3. The number of nitrogens with one attached hydrogen (secondary N) is 1. The smallest absolute Gasteiger partial charge is 0.143 e. The fourth-order valence-corrected chi connectivity index (χ4v) is 1.94. The highest BCUT2D eigenvalue weighted by Crippen LogP contribution is 2.24. The molecule has 5 N–H and O–H groups in total. The van der Waals surface area contributed by atoms with Gasteiger partial charge in [-0.25, -0.2) is 0 Å². The zero-order valence-electron chi connectivity index (χ0n) is 9.19. The fraction of sp³-hybridized carbons (Fsp3) is 0.900. The lowest BCUT2D eigenvalue weighted by Crippen LogP contribution is -2.35. The van der Waals surface area contributed by atoms with Crippen molar-refractivity contribution < 1.29 is 10.3 Å². The Morgan fingerprint density at radius 2 is 2.33 bits per heavy atom. The lowest BCUT2D eigenvalue weighted by molar-refractivity contribution is 0.131. The lowest BCUT2D eigenvalue weighted by Gasteiger charge is -2.17. The van der Waals surface area contributed by atoms with E-state index in [2.05, 4.69) is 10.5 Å². The van der Waals surface area contributed by atoms with Crippen LogP contribution < -0.4 is 11.1 Å². The van der Waals surface area contributed by atoms with E-state index in [0.29, 0.717) is 12.5 Å². The van der Waals surface area contributed by atoms with E-state index < -0.39 is 0 Å². The largest absolute Gasteiger partial charge is 0.409 e. The van der Waals surface area contributed by atoms with Gasteiger partial charge in [-0.1, -0.05) is 18.5 Å². The molecule has 1 aliphatic carbocycles. The van der Waals surface area contributed by atoms with Crippen molar-refractivity contribution in [3.8, 4) is 0 Å². The van der Waals surface area contributed by atoms with Gasteiger partial charge in [0.2, 0.25) is 0 Å². The molecule has 88 valence electrons. The maximum absolute atomic E-state index is 9.58. The Labute approximate surface area is 90.3 Å². The van der Waals surface area contributed by atoms with E-state index in [9.17, 15) is 5.11 Å². The SMILES string of the molecule is CC(CNCC1CCCC1O)C(N)=NO. The Balaban J connectivity index is 2.15. The summed E-state index contributed by atoms with van der Waals surface area (Å²) in [5.74, 6) is 0.632. The normalized spacial score (nSPS) is 29.3. The van der Waals surface area contributed by atoms with Crippen LogP contribution in [0.1, 0.15) is 26.2 Å². The van der Waals surface area contributed by atoms with Gasteiger partial charge in [-0.15, -0.1) is 0 Å². The molecule has 0 aromatic carbocycles. The van der Waals surface area contributed by atoms with Gasteiger partial charge in [0.25, 0.3) is 0 Å². The molecule has 3 atom stereocenters. The molecule has 0 bridgehead atoms. The molecule has 1 rings (SSSR count). The van der Waals surface area contributed by atoms with Gasteiger partial charge in [0.15, 0.2) is 0 Å². The van der Waals surface area contributed by atoms with Crippen molar-refractivity contribution in [3.63, 3.8) is 0 Å². The summed E-state index contributed by atoms with van der Waals surface area (Å²) >= 11 is 0. The molecule has 0 heterocycles. The first-order valence-electron chi connectivity index (χ1n) is 5.51. The van der Waals surface area contributed by atoms with Crippen LogP contribution in [0.15, 0.2) is 5.16 Å². The maximum atomic E-state index is 9.58. The molecule has 5 heteroatoms. The lowest BCUT2D eigenvalue weighted by atomic mass is 10.1. The quantitative estimate of drug-likeness (QED) is 0.227. The highest BCUT2D eigenvalue weighted by molar-refractivity contribution is 5.82. The van der Waals surface area contributed by atoms with Crippen molar-refractivity contribution in [2.24, 2.45) is 22.7 Å². The molecule has 0 amide bonds. The van der Waals surface area contributed by atoms with E-state index in [4.69, 9.17) is 10.9 Å². The molecule has 0 aromatic rings. The molecule has 1 fully saturated rings. The molecule has 0 radical (unpaired) electrons. The number of nitrogens with zero attached hydrogens (tertiary/aromatic N) is 1. The van der Waals surface area contributed by atoms with Gasteiger partial charge < -0.3 is 21.4 Å².